The zero-order valence-corrected chi connectivity index (χ0v) is 14.0. The molecule has 0 amide bonds. The highest BCUT2D eigenvalue weighted by Gasteiger charge is 2.30. The van der Waals surface area contributed by atoms with Gasteiger partial charge in [-0.25, -0.2) is 0 Å². The molecule has 4 rings (SSSR count). The largest absolute Gasteiger partial charge is 0.299 e. The number of benzene rings is 1. The van der Waals surface area contributed by atoms with Crippen molar-refractivity contribution >= 4 is 23.4 Å². The summed E-state index contributed by atoms with van der Waals surface area (Å²) in [6.45, 7) is 0. The topological polar surface area (TPSA) is 43.6 Å². The van der Waals surface area contributed by atoms with Gasteiger partial charge < -0.3 is 0 Å². The van der Waals surface area contributed by atoms with Crippen LogP contribution >= 0.6 is 23.4 Å². The number of halogens is 1. The molecule has 1 fully saturated rings. The molecule has 2 heterocycles. The van der Waals surface area contributed by atoms with Crippen molar-refractivity contribution in [1.82, 2.24) is 19.7 Å². The van der Waals surface area contributed by atoms with Crippen LogP contribution in [-0.4, -0.2) is 19.7 Å². The maximum absolute atomic E-state index is 6.05. The second kappa shape index (κ2) is 6.34. The molecular formula is C17H15ClN4S. The molecule has 0 radical (unpaired) electrons. The Labute approximate surface area is 143 Å². The first-order chi connectivity index (χ1) is 11.3. The summed E-state index contributed by atoms with van der Waals surface area (Å²) in [5.41, 5.74) is 2.21. The smallest absolute Gasteiger partial charge is 0.192 e. The lowest BCUT2D eigenvalue weighted by molar-refractivity contribution is 0.669. The van der Waals surface area contributed by atoms with Gasteiger partial charge in [0.15, 0.2) is 11.0 Å². The fourth-order valence-corrected chi connectivity index (χ4v) is 3.67. The van der Waals surface area contributed by atoms with Crippen molar-refractivity contribution in [2.24, 2.45) is 0 Å². The minimum Gasteiger partial charge on any atom is -0.299 e. The third kappa shape index (κ3) is 3.26. The lowest BCUT2D eigenvalue weighted by Crippen LogP contribution is -2.00. The number of aromatic nitrogens is 4. The lowest BCUT2D eigenvalue weighted by Gasteiger charge is -2.08. The van der Waals surface area contributed by atoms with E-state index in [-0.39, 0.29) is 0 Å². The Balaban J connectivity index is 1.61. The molecule has 1 aliphatic carbocycles. The molecule has 3 aromatic rings. The summed E-state index contributed by atoms with van der Waals surface area (Å²) >= 11 is 7.76. The summed E-state index contributed by atoms with van der Waals surface area (Å²) in [7, 11) is 0. The highest BCUT2D eigenvalue weighted by atomic mass is 35.5. The quantitative estimate of drug-likeness (QED) is 0.634. The van der Waals surface area contributed by atoms with E-state index in [1.54, 1.807) is 18.0 Å². The maximum atomic E-state index is 6.05. The molecule has 1 aromatic carbocycles. The van der Waals surface area contributed by atoms with Gasteiger partial charge in [-0.2, -0.15) is 0 Å². The predicted octanol–water partition coefficient (Wildman–Crippen LogP) is 4.62. The number of hydrogen-bond donors (Lipinski definition) is 0. The van der Waals surface area contributed by atoms with Crippen molar-refractivity contribution in [3.05, 3.63) is 59.4 Å². The number of nitrogens with zero attached hydrogens (tertiary/aromatic N) is 4. The second-order valence-corrected chi connectivity index (χ2v) is 6.95. The van der Waals surface area contributed by atoms with E-state index >= 15 is 0 Å². The van der Waals surface area contributed by atoms with Crippen LogP contribution in [-0.2, 0) is 5.75 Å². The fourth-order valence-electron chi connectivity index (χ4n) is 2.50. The number of rotatable bonds is 5. The van der Waals surface area contributed by atoms with Gasteiger partial charge in [-0.15, -0.1) is 10.2 Å². The van der Waals surface area contributed by atoms with E-state index in [9.17, 15) is 0 Å². The second-order valence-electron chi connectivity index (χ2n) is 5.57. The van der Waals surface area contributed by atoms with Crippen molar-refractivity contribution in [3.8, 4) is 11.4 Å². The molecule has 2 aromatic heterocycles. The average Bonchev–Trinajstić information content (AvgIpc) is 3.33. The SMILES string of the molecule is Clc1cccc(CSc2nnc(-c3cccnc3)n2C2CC2)c1. The van der Waals surface area contributed by atoms with E-state index in [1.807, 2.05) is 36.5 Å². The lowest BCUT2D eigenvalue weighted by atomic mass is 10.2. The van der Waals surface area contributed by atoms with E-state index < -0.39 is 0 Å². The third-order valence-electron chi connectivity index (χ3n) is 3.75. The summed E-state index contributed by atoms with van der Waals surface area (Å²) in [5, 5.41) is 10.5. The third-order valence-corrected chi connectivity index (χ3v) is 5.00. The van der Waals surface area contributed by atoms with Crippen LogP contribution in [0.25, 0.3) is 11.4 Å². The van der Waals surface area contributed by atoms with Crippen LogP contribution in [0.5, 0.6) is 0 Å². The molecule has 0 unspecified atom stereocenters. The Hall–Kier alpha value is -1.85. The summed E-state index contributed by atoms with van der Waals surface area (Å²) in [6, 6.07) is 12.4. The Morgan fingerprint density at radius 3 is 2.83 bits per heavy atom. The Bertz CT molecular complexity index is 814. The minimum atomic E-state index is 0.516. The molecule has 4 nitrogen and oxygen atoms in total. The van der Waals surface area contributed by atoms with Crippen molar-refractivity contribution in [2.45, 2.75) is 29.8 Å². The van der Waals surface area contributed by atoms with Gasteiger partial charge in [-0.05, 0) is 42.7 Å². The van der Waals surface area contributed by atoms with Crippen molar-refractivity contribution < 1.29 is 0 Å². The van der Waals surface area contributed by atoms with Gasteiger partial charge in [0.05, 0.1) is 0 Å². The molecule has 0 N–H and O–H groups in total. The number of pyridine rings is 1. The zero-order chi connectivity index (χ0) is 15.6. The first-order valence-electron chi connectivity index (χ1n) is 7.54. The number of thioether (sulfide) groups is 1. The molecule has 0 atom stereocenters. The molecule has 1 aliphatic rings. The molecule has 116 valence electrons. The Kier molecular flexibility index (Phi) is 4.06. The predicted molar refractivity (Wildman–Crippen MR) is 92.5 cm³/mol. The number of hydrogen-bond acceptors (Lipinski definition) is 4. The summed E-state index contributed by atoms with van der Waals surface area (Å²) < 4.78 is 2.26. The fraction of sp³-hybridized carbons (Fsp3) is 0.235. The summed E-state index contributed by atoms with van der Waals surface area (Å²) in [6.07, 6.45) is 6.00. The van der Waals surface area contributed by atoms with Gasteiger partial charge in [0.25, 0.3) is 0 Å². The standard InChI is InChI=1S/C17H15ClN4S/c18-14-5-1-3-12(9-14)11-23-17-21-20-16(22(17)15-6-7-15)13-4-2-8-19-10-13/h1-5,8-10,15H,6-7,11H2. The van der Waals surface area contributed by atoms with E-state index in [0.717, 1.165) is 27.3 Å². The zero-order valence-electron chi connectivity index (χ0n) is 12.4. The molecule has 23 heavy (non-hydrogen) atoms. The molecular weight excluding hydrogens is 328 g/mol. The van der Waals surface area contributed by atoms with Gasteiger partial charge in [0.2, 0.25) is 0 Å². The normalized spacial score (nSPS) is 14.1. The molecule has 0 spiro atoms. The van der Waals surface area contributed by atoms with E-state index in [0.29, 0.717) is 6.04 Å². The van der Waals surface area contributed by atoms with Crippen LogP contribution < -0.4 is 0 Å². The van der Waals surface area contributed by atoms with Gasteiger partial charge in [0.1, 0.15) is 0 Å². The van der Waals surface area contributed by atoms with E-state index in [4.69, 9.17) is 11.6 Å². The van der Waals surface area contributed by atoms with E-state index in [2.05, 4.69) is 25.8 Å². The van der Waals surface area contributed by atoms with Crippen LogP contribution in [0.2, 0.25) is 5.02 Å². The van der Waals surface area contributed by atoms with Crippen LogP contribution in [0.4, 0.5) is 0 Å². The Morgan fingerprint density at radius 1 is 1.17 bits per heavy atom. The maximum Gasteiger partial charge on any atom is 0.192 e. The Morgan fingerprint density at radius 2 is 2.09 bits per heavy atom. The minimum absolute atomic E-state index is 0.516. The van der Waals surface area contributed by atoms with Gasteiger partial charge in [0, 0.05) is 34.8 Å². The first-order valence-corrected chi connectivity index (χ1v) is 8.90. The highest BCUT2D eigenvalue weighted by molar-refractivity contribution is 7.98. The monoisotopic (exact) mass is 342 g/mol. The molecule has 0 bridgehead atoms. The molecule has 1 saturated carbocycles. The van der Waals surface area contributed by atoms with Gasteiger partial charge in [-0.1, -0.05) is 35.5 Å². The van der Waals surface area contributed by atoms with Crippen molar-refractivity contribution in [3.63, 3.8) is 0 Å². The van der Waals surface area contributed by atoms with E-state index in [1.165, 1.54) is 18.4 Å². The van der Waals surface area contributed by atoms with Crippen LogP contribution in [0.3, 0.4) is 0 Å². The van der Waals surface area contributed by atoms with Crippen molar-refractivity contribution in [1.29, 1.82) is 0 Å². The average molecular weight is 343 g/mol. The van der Waals surface area contributed by atoms with Gasteiger partial charge >= 0.3 is 0 Å². The first kappa shape index (κ1) is 14.7. The van der Waals surface area contributed by atoms with Crippen molar-refractivity contribution in [2.75, 3.05) is 0 Å². The highest BCUT2D eigenvalue weighted by Crippen LogP contribution is 2.41. The van der Waals surface area contributed by atoms with Crippen LogP contribution in [0.15, 0.2) is 53.9 Å². The van der Waals surface area contributed by atoms with Crippen LogP contribution in [0, 0.1) is 0 Å². The van der Waals surface area contributed by atoms with Crippen LogP contribution in [0.1, 0.15) is 24.4 Å². The van der Waals surface area contributed by atoms with Gasteiger partial charge in [-0.3, -0.25) is 9.55 Å². The molecule has 0 saturated heterocycles. The molecule has 0 aliphatic heterocycles. The molecule has 6 heteroatoms. The summed E-state index contributed by atoms with van der Waals surface area (Å²) in [5.74, 6) is 1.74. The summed E-state index contributed by atoms with van der Waals surface area (Å²) in [4.78, 5) is 4.19.